The highest BCUT2D eigenvalue weighted by molar-refractivity contribution is 5.43. The fourth-order valence-electron chi connectivity index (χ4n) is 2.21. The number of nitrogens with one attached hydrogen (secondary N) is 1. The molecule has 0 radical (unpaired) electrons. The van der Waals surface area contributed by atoms with E-state index in [0.29, 0.717) is 6.10 Å². The summed E-state index contributed by atoms with van der Waals surface area (Å²) in [6.07, 6.45) is 0.335. The molecule has 1 aliphatic rings. The normalized spacial score (nSPS) is 17.2. The van der Waals surface area contributed by atoms with Crippen molar-refractivity contribution in [1.29, 1.82) is 0 Å². The Kier molecular flexibility index (Phi) is 3.65. The molecule has 19 heavy (non-hydrogen) atoms. The molecule has 2 rings (SSSR count). The monoisotopic (exact) mass is 261 g/mol. The van der Waals surface area contributed by atoms with E-state index in [1.54, 1.807) is 0 Å². The Morgan fingerprint density at radius 3 is 2.05 bits per heavy atom. The third-order valence-corrected chi connectivity index (χ3v) is 3.69. The molecule has 0 spiro atoms. The lowest BCUT2D eigenvalue weighted by Gasteiger charge is -2.32. The lowest BCUT2D eigenvalue weighted by Crippen LogP contribution is -2.50. The molecule has 0 amide bonds. The molecule has 0 atom stereocenters. The first-order chi connectivity index (χ1) is 8.68. The van der Waals surface area contributed by atoms with Gasteiger partial charge in [-0.2, -0.15) is 0 Å². The van der Waals surface area contributed by atoms with Crippen LogP contribution >= 0.6 is 0 Å². The molecule has 2 heteroatoms. The van der Waals surface area contributed by atoms with E-state index in [1.807, 2.05) is 0 Å². The van der Waals surface area contributed by atoms with Crippen LogP contribution in [0.5, 0.6) is 5.75 Å². The molecule has 106 valence electrons. The van der Waals surface area contributed by atoms with E-state index < -0.39 is 0 Å². The van der Waals surface area contributed by atoms with E-state index in [9.17, 15) is 0 Å². The maximum atomic E-state index is 6.11. The van der Waals surface area contributed by atoms with Crippen molar-refractivity contribution in [3.05, 3.63) is 29.3 Å². The van der Waals surface area contributed by atoms with Gasteiger partial charge < -0.3 is 10.1 Å². The molecule has 1 aliphatic heterocycles. The minimum absolute atomic E-state index is 0.105. The van der Waals surface area contributed by atoms with Gasteiger partial charge in [-0.1, -0.05) is 53.7 Å². The van der Waals surface area contributed by atoms with Gasteiger partial charge in [0.2, 0.25) is 0 Å². The predicted molar refractivity (Wildman–Crippen MR) is 81.1 cm³/mol. The largest absolute Gasteiger partial charge is 0.487 e. The molecule has 1 heterocycles. The molecule has 1 fully saturated rings. The second kappa shape index (κ2) is 4.82. The minimum Gasteiger partial charge on any atom is -0.487 e. The molecule has 0 saturated carbocycles. The van der Waals surface area contributed by atoms with Gasteiger partial charge in [0.1, 0.15) is 11.9 Å². The Labute approximate surface area is 117 Å². The van der Waals surface area contributed by atoms with Crippen LogP contribution < -0.4 is 10.1 Å². The Bertz CT molecular complexity index is 447. The summed E-state index contributed by atoms with van der Waals surface area (Å²) in [5.74, 6) is 1.05. The van der Waals surface area contributed by atoms with Crippen LogP contribution in [0, 0.1) is 0 Å². The summed E-state index contributed by atoms with van der Waals surface area (Å²) in [6.45, 7) is 15.4. The lowest BCUT2D eigenvalue weighted by atomic mass is 9.80. The van der Waals surface area contributed by atoms with Gasteiger partial charge in [-0.3, -0.25) is 0 Å². The average molecular weight is 261 g/mol. The second-order valence-corrected chi connectivity index (χ2v) is 7.61. The van der Waals surface area contributed by atoms with Crippen LogP contribution in [0.2, 0.25) is 0 Å². The molecule has 0 bridgehead atoms. The van der Waals surface area contributed by atoms with Crippen LogP contribution in [-0.2, 0) is 10.8 Å². The molecule has 1 saturated heterocycles. The fourth-order valence-corrected chi connectivity index (χ4v) is 2.21. The number of hydrogen-bond donors (Lipinski definition) is 1. The number of hydrogen-bond acceptors (Lipinski definition) is 2. The highest BCUT2D eigenvalue weighted by Gasteiger charge is 2.26. The van der Waals surface area contributed by atoms with E-state index in [4.69, 9.17) is 4.74 Å². The van der Waals surface area contributed by atoms with Gasteiger partial charge in [-0.25, -0.2) is 0 Å². The van der Waals surface area contributed by atoms with E-state index in [0.717, 1.165) is 18.8 Å². The molecule has 0 aromatic heterocycles. The standard InChI is InChI=1S/C17H27NO/c1-16(2,3)12-7-8-15(19-13-10-18-11-13)14(9-12)17(4,5)6/h7-9,13,18H,10-11H2,1-6H3. The van der Waals surface area contributed by atoms with E-state index >= 15 is 0 Å². The smallest absolute Gasteiger partial charge is 0.123 e. The molecule has 1 N–H and O–H groups in total. The van der Waals surface area contributed by atoms with Crippen molar-refractivity contribution in [2.45, 2.75) is 58.5 Å². The third-order valence-electron chi connectivity index (χ3n) is 3.69. The summed E-state index contributed by atoms with van der Waals surface area (Å²) >= 11 is 0. The van der Waals surface area contributed by atoms with E-state index in [-0.39, 0.29) is 10.8 Å². The molecule has 0 aliphatic carbocycles. The Balaban J connectivity index is 2.36. The zero-order valence-electron chi connectivity index (χ0n) is 13.1. The highest BCUT2D eigenvalue weighted by atomic mass is 16.5. The Morgan fingerprint density at radius 2 is 1.63 bits per heavy atom. The van der Waals surface area contributed by atoms with Crippen molar-refractivity contribution < 1.29 is 4.74 Å². The molecule has 0 unspecified atom stereocenters. The molecule has 1 aromatic carbocycles. The van der Waals surface area contributed by atoms with Gasteiger partial charge in [-0.15, -0.1) is 0 Å². The number of benzene rings is 1. The van der Waals surface area contributed by atoms with Gasteiger partial charge in [0.05, 0.1) is 0 Å². The molecule has 2 nitrogen and oxygen atoms in total. The SMILES string of the molecule is CC(C)(C)c1ccc(OC2CNC2)c(C(C)(C)C)c1. The van der Waals surface area contributed by atoms with E-state index in [1.165, 1.54) is 11.1 Å². The van der Waals surface area contributed by atoms with Crippen LogP contribution in [0.1, 0.15) is 52.7 Å². The summed E-state index contributed by atoms with van der Waals surface area (Å²) in [6, 6.07) is 6.68. The number of rotatable bonds is 2. The number of ether oxygens (including phenoxy) is 1. The van der Waals surface area contributed by atoms with Crippen molar-refractivity contribution >= 4 is 0 Å². The van der Waals surface area contributed by atoms with Crippen LogP contribution in [-0.4, -0.2) is 19.2 Å². The summed E-state index contributed by atoms with van der Waals surface area (Å²) in [5.41, 5.74) is 2.97. The summed E-state index contributed by atoms with van der Waals surface area (Å²) in [7, 11) is 0. The molecule has 1 aromatic rings. The van der Waals surface area contributed by atoms with Crippen molar-refractivity contribution in [2.75, 3.05) is 13.1 Å². The quantitative estimate of drug-likeness (QED) is 0.877. The maximum absolute atomic E-state index is 6.11. The summed E-state index contributed by atoms with van der Waals surface area (Å²) < 4.78 is 6.11. The van der Waals surface area contributed by atoms with Crippen LogP contribution in [0.15, 0.2) is 18.2 Å². The highest BCUT2D eigenvalue weighted by Crippen LogP contribution is 2.36. The lowest BCUT2D eigenvalue weighted by molar-refractivity contribution is 0.139. The zero-order valence-corrected chi connectivity index (χ0v) is 13.1. The van der Waals surface area contributed by atoms with Gasteiger partial charge in [-0.05, 0) is 28.0 Å². The van der Waals surface area contributed by atoms with Gasteiger partial charge in [0.25, 0.3) is 0 Å². The molecular formula is C17H27NO. The Hall–Kier alpha value is -1.02. The minimum atomic E-state index is 0.105. The van der Waals surface area contributed by atoms with Gasteiger partial charge >= 0.3 is 0 Å². The zero-order chi connectivity index (χ0) is 14.3. The average Bonchev–Trinajstić information content (AvgIpc) is 2.20. The van der Waals surface area contributed by atoms with Crippen LogP contribution in [0.3, 0.4) is 0 Å². The van der Waals surface area contributed by atoms with Gasteiger partial charge in [0, 0.05) is 13.1 Å². The first-order valence-corrected chi connectivity index (χ1v) is 7.20. The predicted octanol–water partition coefficient (Wildman–Crippen LogP) is 3.63. The van der Waals surface area contributed by atoms with Crippen molar-refractivity contribution in [3.63, 3.8) is 0 Å². The van der Waals surface area contributed by atoms with Gasteiger partial charge in [0.15, 0.2) is 0 Å². The topological polar surface area (TPSA) is 21.3 Å². The van der Waals surface area contributed by atoms with Crippen LogP contribution in [0.4, 0.5) is 0 Å². The first-order valence-electron chi connectivity index (χ1n) is 7.20. The van der Waals surface area contributed by atoms with Crippen molar-refractivity contribution in [1.82, 2.24) is 5.32 Å². The maximum Gasteiger partial charge on any atom is 0.123 e. The van der Waals surface area contributed by atoms with E-state index in [2.05, 4.69) is 65.1 Å². The van der Waals surface area contributed by atoms with Crippen molar-refractivity contribution in [2.24, 2.45) is 0 Å². The third kappa shape index (κ3) is 3.30. The van der Waals surface area contributed by atoms with Crippen molar-refractivity contribution in [3.8, 4) is 5.75 Å². The summed E-state index contributed by atoms with van der Waals surface area (Å²) in [4.78, 5) is 0. The molecular weight excluding hydrogens is 234 g/mol. The fraction of sp³-hybridized carbons (Fsp3) is 0.647. The Morgan fingerprint density at radius 1 is 1.00 bits per heavy atom. The second-order valence-electron chi connectivity index (χ2n) is 7.61. The van der Waals surface area contributed by atoms with Crippen LogP contribution in [0.25, 0.3) is 0 Å². The summed E-state index contributed by atoms with van der Waals surface area (Å²) in [5, 5.41) is 3.25. The first kappa shape index (κ1) is 14.4.